The molecule has 3 nitrogen and oxygen atoms in total. The number of nitriles is 1. The van der Waals surface area contributed by atoms with Crippen LogP contribution < -0.4 is 0 Å². The molecule has 0 unspecified atom stereocenters. The predicted octanol–water partition coefficient (Wildman–Crippen LogP) is 5.67. The van der Waals surface area contributed by atoms with E-state index in [0.717, 1.165) is 5.56 Å². The summed E-state index contributed by atoms with van der Waals surface area (Å²) in [7, 11) is 0. The Morgan fingerprint density at radius 1 is 1.04 bits per heavy atom. The molecule has 0 aliphatic carbocycles. The number of halogens is 2. The van der Waals surface area contributed by atoms with E-state index < -0.39 is 17.7 Å². The first-order chi connectivity index (χ1) is 13.5. The summed E-state index contributed by atoms with van der Waals surface area (Å²) >= 11 is 6.28. The average molecular weight is 394 g/mol. The summed E-state index contributed by atoms with van der Waals surface area (Å²) in [5.41, 5.74) is -0.990. The summed E-state index contributed by atoms with van der Waals surface area (Å²) in [4.78, 5) is 12.8. The van der Waals surface area contributed by atoms with Crippen LogP contribution in [0.1, 0.15) is 28.4 Å². The minimum Gasteiger partial charge on any atom is -0.449 e. The number of hydrogen-bond donors (Lipinski definition) is 0. The fourth-order valence-electron chi connectivity index (χ4n) is 2.83. The maximum absolute atomic E-state index is 15.4. The molecule has 140 valence electrons. The fourth-order valence-corrected chi connectivity index (χ4v) is 3.06. The highest BCUT2D eigenvalue weighted by Crippen LogP contribution is 2.35. The smallest absolute Gasteiger partial charge is 0.364 e. The molecule has 5 heteroatoms. The van der Waals surface area contributed by atoms with Gasteiger partial charge in [0.25, 0.3) is 0 Å². The zero-order valence-corrected chi connectivity index (χ0v) is 15.9. The van der Waals surface area contributed by atoms with Crippen LogP contribution >= 0.6 is 11.6 Å². The number of nitrogens with zero attached hydrogens (tertiary/aromatic N) is 1. The molecule has 3 aromatic rings. The Morgan fingerprint density at radius 3 is 2.25 bits per heavy atom. The van der Waals surface area contributed by atoms with Crippen molar-refractivity contribution in [2.24, 2.45) is 0 Å². The minimum absolute atomic E-state index is 0.0726. The Labute approximate surface area is 168 Å². The third kappa shape index (κ3) is 3.90. The van der Waals surface area contributed by atoms with Crippen molar-refractivity contribution in [2.75, 3.05) is 0 Å². The average Bonchev–Trinajstić information content (AvgIpc) is 2.73. The topological polar surface area (TPSA) is 50.1 Å². The van der Waals surface area contributed by atoms with Gasteiger partial charge in [0.05, 0.1) is 0 Å². The second-order valence-electron chi connectivity index (χ2n) is 6.35. The third-order valence-electron chi connectivity index (χ3n) is 4.40. The molecule has 0 aliphatic heterocycles. The highest BCUT2D eigenvalue weighted by Gasteiger charge is 2.44. The van der Waals surface area contributed by atoms with Gasteiger partial charge in [-0.05, 0) is 18.6 Å². The summed E-state index contributed by atoms with van der Waals surface area (Å²) in [6.45, 7) is 1.83. The van der Waals surface area contributed by atoms with Crippen LogP contribution in [0.25, 0.3) is 0 Å². The zero-order chi connectivity index (χ0) is 20.1. The standard InChI is InChI=1S/C23H17ClFNO2/c1-16-11-13-18(14-12-16)23(25,15-26)22(27)28-21(17-7-3-2-4-8-17)19-9-5-6-10-20(19)24/h2-14,21H,1H3/t21-,23+/m0/s1. The van der Waals surface area contributed by atoms with E-state index in [1.165, 1.54) is 18.2 Å². The van der Waals surface area contributed by atoms with Gasteiger partial charge in [-0.15, -0.1) is 0 Å². The monoisotopic (exact) mass is 393 g/mol. The van der Waals surface area contributed by atoms with Crippen molar-refractivity contribution in [1.29, 1.82) is 5.26 Å². The molecule has 0 fully saturated rings. The lowest BCUT2D eigenvalue weighted by Gasteiger charge is -2.24. The predicted molar refractivity (Wildman–Crippen MR) is 105 cm³/mol. The lowest BCUT2D eigenvalue weighted by molar-refractivity contribution is -0.158. The van der Waals surface area contributed by atoms with Crippen LogP contribution in [-0.4, -0.2) is 5.97 Å². The van der Waals surface area contributed by atoms with E-state index in [1.807, 2.05) is 13.0 Å². The van der Waals surface area contributed by atoms with E-state index in [-0.39, 0.29) is 5.56 Å². The van der Waals surface area contributed by atoms with Crippen molar-refractivity contribution in [3.8, 4) is 6.07 Å². The molecule has 28 heavy (non-hydrogen) atoms. The third-order valence-corrected chi connectivity index (χ3v) is 4.74. The molecule has 2 atom stereocenters. The van der Waals surface area contributed by atoms with E-state index in [4.69, 9.17) is 16.3 Å². The molecule has 0 saturated heterocycles. The van der Waals surface area contributed by atoms with Crippen LogP contribution in [0, 0.1) is 18.3 Å². The van der Waals surface area contributed by atoms with Gasteiger partial charge >= 0.3 is 11.6 Å². The molecule has 0 spiro atoms. The molecule has 0 saturated carbocycles. The molecular weight excluding hydrogens is 377 g/mol. The first-order valence-electron chi connectivity index (χ1n) is 8.63. The summed E-state index contributed by atoms with van der Waals surface area (Å²) in [5.74, 6) is -1.28. The first-order valence-corrected chi connectivity index (χ1v) is 9.01. The number of ether oxygens (including phenoxy) is 1. The Hall–Kier alpha value is -3.16. The Bertz CT molecular complexity index is 1010. The first kappa shape index (κ1) is 19.6. The largest absolute Gasteiger partial charge is 0.449 e. The molecule has 0 aliphatic rings. The summed E-state index contributed by atoms with van der Waals surface area (Å²) < 4.78 is 20.9. The van der Waals surface area contributed by atoms with Crippen molar-refractivity contribution >= 4 is 17.6 Å². The lowest BCUT2D eigenvalue weighted by atomic mass is 9.95. The van der Waals surface area contributed by atoms with Gasteiger partial charge in [0.15, 0.2) is 6.10 Å². The molecule has 0 bridgehead atoms. The van der Waals surface area contributed by atoms with Gasteiger partial charge in [0.1, 0.15) is 6.07 Å². The highest BCUT2D eigenvalue weighted by molar-refractivity contribution is 6.31. The number of carbonyl (C=O) groups is 1. The summed E-state index contributed by atoms with van der Waals surface area (Å²) in [5, 5.41) is 9.81. The molecule has 0 radical (unpaired) electrons. The van der Waals surface area contributed by atoms with Gasteiger partial charge in [0.2, 0.25) is 0 Å². The van der Waals surface area contributed by atoms with E-state index >= 15 is 4.39 Å². The number of rotatable bonds is 5. The van der Waals surface area contributed by atoms with Gasteiger partial charge < -0.3 is 4.74 Å². The number of aryl methyl sites for hydroxylation is 1. The van der Waals surface area contributed by atoms with Crippen LogP contribution in [0.15, 0.2) is 78.9 Å². The SMILES string of the molecule is Cc1ccc([C@](F)(C#N)C(=O)O[C@@H](c2ccccc2)c2ccccc2Cl)cc1. The van der Waals surface area contributed by atoms with E-state index in [0.29, 0.717) is 16.1 Å². The second-order valence-corrected chi connectivity index (χ2v) is 6.76. The van der Waals surface area contributed by atoms with Crippen LogP contribution in [-0.2, 0) is 15.2 Å². The maximum Gasteiger partial charge on any atom is 0.364 e. The molecule has 3 aromatic carbocycles. The van der Waals surface area contributed by atoms with Crippen molar-refractivity contribution in [3.05, 3.63) is 106 Å². The number of alkyl halides is 1. The van der Waals surface area contributed by atoms with Crippen molar-refractivity contribution in [3.63, 3.8) is 0 Å². The van der Waals surface area contributed by atoms with Crippen molar-refractivity contribution in [1.82, 2.24) is 0 Å². The van der Waals surface area contributed by atoms with Crippen LogP contribution in [0.5, 0.6) is 0 Å². The van der Waals surface area contributed by atoms with Crippen LogP contribution in [0.2, 0.25) is 5.02 Å². The number of hydrogen-bond acceptors (Lipinski definition) is 3. The van der Waals surface area contributed by atoms with Crippen LogP contribution in [0.3, 0.4) is 0 Å². The number of benzene rings is 3. The van der Waals surface area contributed by atoms with E-state index in [1.54, 1.807) is 60.7 Å². The Morgan fingerprint density at radius 2 is 1.64 bits per heavy atom. The normalized spacial score (nSPS) is 13.8. The Kier molecular flexibility index (Phi) is 5.77. The molecule has 0 N–H and O–H groups in total. The van der Waals surface area contributed by atoms with Crippen LogP contribution in [0.4, 0.5) is 4.39 Å². The molecule has 0 aromatic heterocycles. The van der Waals surface area contributed by atoms with Gasteiger partial charge in [-0.3, -0.25) is 0 Å². The molecule has 3 rings (SSSR count). The molecule has 0 amide bonds. The second kappa shape index (κ2) is 8.24. The number of carbonyl (C=O) groups excluding carboxylic acids is 1. The lowest BCUT2D eigenvalue weighted by Crippen LogP contribution is -2.33. The van der Waals surface area contributed by atoms with Gasteiger partial charge in [0, 0.05) is 16.1 Å². The summed E-state index contributed by atoms with van der Waals surface area (Å²) in [6, 6.07) is 23.3. The quantitative estimate of drug-likeness (QED) is 0.525. The van der Waals surface area contributed by atoms with E-state index in [2.05, 4.69) is 0 Å². The minimum atomic E-state index is -2.93. The maximum atomic E-state index is 15.4. The molecule has 0 heterocycles. The van der Waals surface area contributed by atoms with Gasteiger partial charge in [-0.25, -0.2) is 9.18 Å². The summed E-state index contributed by atoms with van der Waals surface area (Å²) in [6.07, 6.45) is -0.948. The number of esters is 1. The molecular formula is C23H17ClFNO2. The van der Waals surface area contributed by atoms with Crippen molar-refractivity contribution in [2.45, 2.75) is 18.7 Å². The zero-order valence-electron chi connectivity index (χ0n) is 15.1. The van der Waals surface area contributed by atoms with Gasteiger partial charge in [-0.2, -0.15) is 5.26 Å². The highest BCUT2D eigenvalue weighted by atomic mass is 35.5. The van der Waals surface area contributed by atoms with E-state index in [9.17, 15) is 10.1 Å². The van der Waals surface area contributed by atoms with Crippen molar-refractivity contribution < 1.29 is 13.9 Å². The fraction of sp³-hybridized carbons (Fsp3) is 0.130. The Balaban J connectivity index is 2.00. The van der Waals surface area contributed by atoms with Gasteiger partial charge in [-0.1, -0.05) is 90.0 Å².